The predicted molar refractivity (Wildman–Crippen MR) is 62.5 cm³/mol. The van der Waals surface area contributed by atoms with Crippen LogP contribution in [-0.2, 0) is 5.88 Å². The first-order valence-electron chi connectivity index (χ1n) is 5.18. The number of β-amino-alcohol motifs (C(OH)–C–C–N with tert-alkyl or cyclic N) is 1. The van der Waals surface area contributed by atoms with Gasteiger partial charge in [0.2, 0.25) is 0 Å². The number of amides is 1. The molecule has 0 atom stereocenters. The molecule has 0 unspecified atom stereocenters. The molecule has 1 aromatic rings. The summed E-state index contributed by atoms with van der Waals surface area (Å²) < 4.78 is 0. The first kappa shape index (κ1) is 11.4. The van der Waals surface area contributed by atoms with E-state index >= 15 is 0 Å². The molecule has 0 spiro atoms. The van der Waals surface area contributed by atoms with Crippen molar-refractivity contribution >= 4 is 17.5 Å². The van der Waals surface area contributed by atoms with Crippen LogP contribution in [0.5, 0.6) is 0 Å². The van der Waals surface area contributed by atoms with Gasteiger partial charge < -0.3 is 10.0 Å². The number of benzene rings is 1. The highest BCUT2D eigenvalue weighted by Gasteiger charge is 2.39. The van der Waals surface area contributed by atoms with Crippen molar-refractivity contribution in [2.24, 2.45) is 0 Å². The molecule has 1 aliphatic heterocycles. The number of carbonyl (C=O) groups is 1. The summed E-state index contributed by atoms with van der Waals surface area (Å²) in [5.41, 5.74) is 0.921. The SMILES string of the molecule is CC1(O)CN(C(=O)c2ccc(CCl)cc2)C1. The summed E-state index contributed by atoms with van der Waals surface area (Å²) in [6, 6.07) is 7.23. The molecule has 3 nitrogen and oxygen atoms in total. The number of rotatable bonds is 2. The van der Waals surface area contributed by atoms with Gasteiger partial charge in [-0.15, -0.1) is 11.6 Å². The number of hydrogen-bond donors (Lipinski definition) is 1. The third-order valence-electron chi connectivity index (χ3n) is 2.71. The molecule has 1 aromatic carbocycles. The van der Waals surface area contributed by atoms with Crippen molar-refractivity contribution in [3.8, 4) is 0 Å². The van der Waals surface area contributed by atoms with Crippen molar-refractivity contribution in [2.75, 3.05) is 13.1 Å². The van der Waals surface area contributed by atoms with Gasteiger partial charge in [0.05, 0.1) is 18.7 Å². The molecule has 4 heteroatoms. The molecule has 1 N–H and O–H groups in total. The van der Waals surface area contributed by atoms with Crippen LogP contribution >= 0.6 is 11.6 Å². The lowest BCUT2D eigenvalue weighted by atomic mass is 9.96. The Hall–Kier alpha value is -1.06. The zero-order valence-electron chi connectivity index (χ0n) is 9.11. The number of alkyl halides is 1. The molecule has 0 radical (unpaired) electrons. The van der Waals surface area contributed by atoms with E-state index in [1.165, 1.54) is 0 Å². The van der Waals surface area contributed by atoms with Crippen LogP contribution in [0.2, 0.25) is 0 Å². The first-order chi connectivity index (χ1) is 7.52. The van der Waals surface area contributed by atoms with Gasteiger partial charge in [0, 0.05) is 11.4 Å². The number of carbonyl (C=O) groups excluding carboxylic acids is 1. The Kier molecular flexibility index (Phi) is 2.91. The fraction of sp³-hybridized carbons (Fsp3) is 0.417. The number of hydrogen-bond acceptors (Lipinski definition) is 2. The molecule has 1 amide bonds. The quantitative estimate of drug-likeness (QED) is 0.797. The normalized spacial score (nSPS) is 18.1. The fourth-order valence-electron chi connectivity index (χ4n) is 1.84. The second kappa shape index (κ2) is 4.07. The van der Waals surface area contributed by atoms with E-state index in [2.05, 4.69) is 0 Å². The Morgan fingerprint density at radius 1 is 1.44 bits per heavy atom. The van der Waals surface area contributed by atoms with E-state index < -0.39 is 5.60 Å². The van der Waals surface area contributed by atoms with E-state index in [0.29, 0.717) is 24.5 Å². The van der Waals surface area contributed by atoms with Crippen molar-refractivity contribution < 1.29 is 9.90 Å². The van der Waals surface area contributed by atoms with E-state index in [-0.39, 0.29) is 5.91 Å². The van der Waals surface area contributed by atoms with Crippen LogP contribution in [0.4, 0.5) is 0 Å². The van der Waals surface area contributed by atoms with Gasteiger partial charge in [0.1, 0.15) is 0 Å². The summed E-state index contributed by atoms with van der Waals surface area (Å²) in [6.07, 6.45) is 0. The van der Waals surface area contributed by atoms with Crippen molar-refractivity contribution in [2.45, 2.75) is 18.4 Å². The Morgan fingerprint density at radius 3 is 2.44 bits per heavy atom. The zero-order valence-corrected chi connectivity index (χ0v) is 9.87. The average Bonchev–Trinajstić information content (AvgIpc) is 2.25. The molecule has 0 bridgehead atoms. The van der Waals surface area contributed by atoms with Gasteiger partial charge in [-0.25, -0.2) is 0 Å². The number of halogens is 1. The lowest BCUT2D eigenvalue weighted by Crippen LogP contribution is -2.61. The van der Waals surface area contributed by atoms with Gasteiger partial charge in [-0.2, -0.15) is 0 Å². The summed E-state index contributed by atoms with van der Waals surface area (Å²) >= 11 is 5.67. The van der Waals surface area contributed by atoms with Gasteiger partial charge in [0.25, 0.3) is 5.91 Å². The van der Waals surface area contributed by atoms with Gasteiger partial charge in [-0.1, -0.05) is 12.1 Å². The molecule has 1 fully saturated rings. The van der Waals surface area contributed by atoms with Crippen LogP contribution in [0, 0.1) is 0 Å². The Morgan fingerprint density at radius 2 is 2.00 bits per heavy atom. The molecular weight excluding hydrogens is 226 g/mol. The minimum Gasteiger partial charge on any atom is -0.386 e. The van der Waals surface area contributed by atoms with E-state index in [4.69, 9.17) is 11.6 Å². The average molecular weight is 240 g/mol. The third kappa shape index (κ3) is 2.20. The second-order valence-corrected chi connectivity index (χ2v) is 4.76. The second-order valence-electron chi connectivity index (χ2n) is 4.49. The maximum absolute atomic E-state index is 11.9. The van der Waals surface area contributed by atoms with Crippen molar-refractivity contribution in [3.63, 3.8) is 0 Å². The standard InChI is InChI=1S/C12H14ClNO2/c1-12(16)7-14(8-12)11(15)10-4-2-9(6-13)3-5-10/h2-5,16H,6-8H2,1H3. The molecule has 1 saturated heterocycles. The lowest BCUT2D eigenvalue weighted by molar-refractivity contribution is -0.0668. The lowest BCUT2D eigenvalue weighted by Gasteiger charge is -2.44. The minimum absolute atomic E-state index is 0.0346. The van der Waals surface area contributed by atoms with Crippen LogP contribution in [0.1, 0.15) is 22.8 Å². The van der Waals surface area contributed by atoms with E-state index in [9.17, 15) is 9.90 Å². The largest absolute Gasteiger partial charge is 0.386 e. The predicted octanol–water partition coefficient (Wildman–Crippen LogP) is 1.63. The molecule has 0 aromatic heterocycles. The summed E-state index contributed by atoms with van der Waals surface area (Å²) in [4.78, 5) is 13.5. The van der Waals surface area contributed by atoms with Gasteiger partial charge in [0.15, 0.2) is 0 Å². The number of nitrogens with zero attached hydrogens (tertiary/aromatic N) is 1. The highest BCUT2D eigenvalue weighted by molar-refractivity contribution is 6.17. The molecule has 0 saturated carbocycles. The summed E-state index contributed by atoms with van der Waals surface area (Å²) in [5.74, 6) is 0.417. The van der Waals surface area contributed by atoms with Crippen LogP contribution in [-0.4, -0.2) is 34.6 Å². The minimum atomic E-state index is -0.717. The molecular formula is C12H14ClNO2. The van der Waals surface area contributed by atoms with Crippen molar-refractivity contribution in [1.82, 2.24) is 4.90 Å². The molecule has 0 aliphatic carbocycles. The van der Waals surface area contributed by atoms with Crippen LogP contribution in [0.15, 0.2) is 24.3 Å². The van der Waals surface area contributed by atoms with Gasteiger partial charge >= 0.3 is 0 Å². The Bertz CT molecular complexity index is 392. The smallest absolute Gasteiger partial charge is 0.254 e. The molecule has 16 heavy (non-hydrogen) atoms. The highest BCUT2D eigenvalue weighted by Crippen LogP contribution is 2.22. The zero-order chi connectivity index (χ0) is 11.8. The van der Waals surface area contributed by atoms with Gasteiger partial charge in [-0.05, 0) is 24.6 Å². The third-order valence-corrected chi connectivity index (χ3v) is 3.01. The van der Waals surface area contributed by atoms with E-state index in [1.807, 2.05) is 12.1 Å². The number of aliphatic hydroxyl groups is 1. The topological polar surface area (TPSA) is 40.5 Å². The van der Waals surface area contributed by atoms with E-state index in [1.54, 1.807) is 24.0 Å². The summed E-state index contributed by atoms with van der Waals surface area (Å²) in [5, 5.41) is 9.55. The van der Waals surface area contributed by atoms with Crippen molar-refractivity contribution in [3.05, 3.63) is 35.4 Å². The van der Waals surface area contributed by atoms with Gasteiger partial charge in [-0.3, -0.25) is 4.79 Å². The maximum atomic E-state index is 11.9. The fourth-order valence-corrected chi connectivity index (χ4v) is 2.02. The molecule has 86 valence electrons. The molecule has 1 aliphatic rings. The maximum Gasteiger partial charge on any atom is 0.254 e. The number of likely N-dealkylation sites (tertiary alicyclic amines) is 1. The highest BCUT2D eigenvalue weighted by atomic mass is 35.5. The van der Waals surface area contributed by atoms with Crippen molar-refractivity contribution in [1.29, 1.82) is 0 Å². The molecule has 1 heterocycles. The monoisotopic (exact) mass is 239 g/mol. The van der Waals surface area contributed by atoms with Crippen LogP contribution in [0.25, 0.3) is 0 Å². The van der Waals surface area contributed by atoms with Crippen LogP contribution in [0.3, 0.4) is 0 Å². The Balaban J connectivity index is 2.05. The van der Waals surface area contributed by atoms with Crippen LogP contribution < -0.4 is 0 Å². The molecule has 2 rings (SSSR count). The van der Waals surface area contributed by atoms with E-state index in [0.717, 1.165) is 5.56 Å². The first-order valence-corrected chi connectivity index (χ1v) is 5.72. The Labute approximate surface area is 99.6 Å². The summed E-state index contributed by atoms with van der Waals surface area (Å²) in [6.45, 7) is 2.54. The summed E-state index contributed by atoms with van der Waals surface area (Å²) in [7, 11) is 0.